The molecule has 0 radical (unpaired) electrons. The second-order valence-electron chi connectivity index (χ2n) is 4.19. The molecule has 98 valence electrons. The molecule has 0 atom stereocenters. The minimum absolute atomic E-state index is 0.0126. The van der Waals surface area contributed by atoms with Crippen molar-refractivity contribution < 1.29 is 9.53 Å². The number of benzene rings is 2. The van der Waals surface area contributed by atoms with Crippen LogP contribution >= 0.6 is 11.6 Å². The Morgan fingerprint density at radius 3 is 2.42 bits per heavy atom. The van der Waals surface area contributed by atoms with E-state index in [2.05, 4.69) is 0 Å². The smallest absolute Gasteiger partial charge is 0.166 e. The van der Waals surface area contributed by atoms with E-state index >= 15 is 0 Å². The highest BCUT2D eigenvalue weighted by atomic mass is 35.5. The minimum Gasteiger partial charge on any atom is -0.376 e. The highest BCUT2D eigenvalue weighted by Gasteiger charge is 2.09. The molecule has 0 N–H and O–H groups in total. The van der Waals surface area contributed by atoms with Gasteiger partial charge in [-0.15, -0.1) is 0 Å². The molecule has 0 bridgehead atoms. The Morgan fingerprint density at radius 1 is 1.00 bits per heavy atom. The van der Waals surface area contributed by atoms with Gasteiger partial charge in [0.25, 0.3) is 0 Å². The SMILES string of the molecule is O=C(CCOCc1ccccc1)c1ccccc1Cl. The van der Waals surface area contributed by atoms with E-state index < -0.39 is 0 Å². The molecule has 0 aliphatic carbocycles. The van der Waals surface area contributed by atoms with E-state index in [0.29, 0.717) is 30.2 Å². The van der Waals surface area contributed by atoms with E-state index in [4.69, 9.17) is 16.3 Å². The zero-order valence-corrected chi connectivity index (χ0v) is 11.3. The number of rotatable bonds is 6. The molecule has 2 nitrogen and oxygen atoms in total. The Labute approximate surface area is 118 Å². The van der Waals surface area contributed by atoms with Gasteiger partial charge in [-0.1, -0.05) is 54.1 Å². The first-order valence-corrected chi connectivity index (χ1v) is 6.54. The Kier molecular flexibility index (Phi) is 5.13. The maximum absolute atomic E-state index is 11.9. The fraction of sp³-hybridized carbons (Fsp3) is 0.188. The molecule has 0 amide bonds. The molecule has 0 saturated carbocycles. The van der Waals surface area contributed by atoms with Crippen LogP contribution in [0.1, 0.15) is 22.3 Å². The molecule has 0 aliphatic heterocycles. The van der Waals surface area contributed by atoms with Crippen molar-refractivity contribution in [1.29, 1.82) is 0 Å². The lowest BCUT2D eigenvalue weighted by Crippen LogP contribution is -2.05. The van der Waals surface area contributed by atoms with Crippen LogP contribution in [0.3, 0.4) is 0 Å². The van der Waals surface area contributed by atoms with Gasteiger partial charge in [-0.3, -0.25) is 4.79 Å². The lowest BCUT2D eigenvalue weighted by atomic mass is 10.1. The molecule has 2 rings (SSSR count). The third-order valence-electron chi connectivity index (χ3n) is 2.76. The minimum atomic E-state index is 0.0126. The third-order valence-corrected chi connectivity index (χ3v) is 3.09. The van der Waals surface area contributed by atoms with Gasteiger partial charge < -0.3 is 4.74 Å². The summed E-state index contributed by atoms with van der Waals surface area (Å²) >= 11 is 5.97. The predicted octanol–water partition coefficient (Wildman–Crippen LogP) is 4.13. The number of ether oxygens (including phenoxy) is 1. The van der Waals surface area contributed by atoms with Crippen LogP contribution in [-0.2, 0) is 11.3 Å². The summed E-state index contributed by atoms with van der Waals surface area (Å²) in [5.74, 6) is 0.0126. The second kappa shape index (κ2) is 7.07. The zero-order valence-electron chi connectivity index (χ0n) is 10.5. The highest BCUT2D eigenvalue weighted by molar-refractivity contribution is 6.33. The highest BCUT2D eigenvalue weighted by Crippen LogP contribution is 2.16. The van der Waals surface area contributed by atoms with Gasteiger partial charge in [-0.05, 0) is 17.7 Å². The number of hydrogen-bond acceptors (Lipinski definition) is 2. The van der Waals surface area contributed by atoms with Crippen LogP contribution in [0.25, 0.3) is 0 Å². The predicted molar refractivity (Wildman–Crippen MR) is 76.5 cm³/mol. The number of carbonyl (C=O) groups is 1. The summed E-state index contributed by atoms with van der Waals surface area (Å²) in [6.45, 7) is 0.926. The summed E-state index contributed by atoms with van der Waals surface area (Å²) in [5.41, 5.74) is 1.67. The summed E-state index contributed by atoms with van der Waals surface area (Å²) in [7, 11) is 0. The number of Topliss-reactive ketones (excluding diaryl/α,β-unsaturated/α-hetero) is 1. The molecule has 0 heterocycles. The number of carbonyl (C=O) groups excluding carboxylic acids is 1. The van der Waals surface area contributed by atoms with Crippen molar-refractivity contribution in [2.24, 2.45) is 0 Å². The zero-order chi connectivity index (χ0) is 13.5. The van der Waals surface area contributed by atoms with E-state index in [1.807, 2.05) is 42.5 Å². The number of hydrogen-bond donors (Lipinski definition) is 0. The van der Waals surface area contributed by atoms with Crippen molar-refractivity contribution in [3.8, 4) is 0 Å². The van der Waals surface area contributed by atoms with Gasteiger partial charge in [0.05, 0.1) is 18.2 Å². The molecule has 0 saturated heterocycles. The van der Waals surface area contributed by atoms with Crippen molar-refractivity contribution in [2.45, 2.75) is 13.0 Å². The molecule has 0 aliphatic rings. The fourth-order valence-corrected chi connectivity index (χ4v) is 1.99. The molecule has 19 heavy (non-hydrogen) atoms. The topological polar surface area (TPSA) is 26.3 Å². The van der Waals surface area contributed by atoms with Crippen LogP contribution in [0, 0.1) is 0 Å². The average Bonchev–Trinajstić information content (AvgIpc) is 2.45. The molecule has 0 spiro atoms. The molecular formula is C16H15ClO2. The Bertz CT molecular complexity index is 537. The molecular weight excluding hydrogens is 260 g/mol. The Morgan fingerprint density at radius 2 is 1.68 bits per heavy atom. The molecule has 2 aromatic rings. The summed E-state index contributed by atoms with van der Waals surface area (Å²) in [5, 5.41) is 0.496. The quantitative estimate of drug-likeness (QED) is 0.585. The van der Waals surface area contributed by atoms with Gasteiger partial charge in [0.1, 0.15) is 0 Å². The van der Waals surface area contributed by atoms with Crippen molar-refractivity contribution in [3.05, 3.63) is 70.7 Å². The van der Waals surface area contributed by atoms with Gasteiger partial charge in [-0.2, -0.15) is 0 Å². The third kappa shape index (κ3) is 4.19. The van der Waals surface area contributed by atoms with E-state index in [9.17, 15) is 4.79 Å². The molecule has 0 fully saturated rings. The van der Waals surface area contributed by atoms with E-state index in [0.717, 1.165) is 5.56 Å². The van der Waals surface area contributed by atoms with Crippen LogP contribution in [0.4, 0.5) is 0 Å². The maximum atomic E-state index is 11.9. The van der Waals surface area contributed by atoms with E-state index in [1.54, 1.807) is 12.1 Å². The van der Waals surface area contributed by atoms with Crippen molar-refractivity contribution in [1.82, 2.24) is 0 Å². The number of ketones is 1. The van der Waals surface area contributed by atoms with Crippen molar-refractivity contribution in [3.63, 3.8) is 0 Å². The summed E-state index contributed by atoms with van der Waals surface area (Å²) in [4.78, 5) is 11.9. The normalized spacial score (nSPS) is 10.4. The Balaban J connectivity index is 1.77. The van der Waals surface area contributed by atoms with E-state index in [1.165, 1.54) is 0 Å². The summed E-state index contributed by atoms with van der Waals surface area (Å²) < 4.78 is 5.49. The van der Waals surface area contributed by atoms with Gasteiger partial charge in [-0.25, -0.2) is 0 Å². The van der Waals surface area contributed by atoms with Crippen LogP contribution in [0.2, 0.25) is 5.02 Å². The van der Waals surface area contributed by atoms with Gasteiger partial charge in [0.2, 0.25) is 0 Å². The van der Waals surface area contributed by atoms with Crippen molar-refractivity contribution in [2.75, 3.05) is 6.61 Å². The number of halogens is 1. The van der Waals surface area contributed by atoms with Crippen LogP contribution in [0.5, 0.6) is 0 Å². The molecule has 2 aromatic carbocycles. The largest absolute Gasteiger partial charge is 0.376 e. The van der Waals surface area contributed by atoms with Gasteiger partial charge in [0, 0.05) is 12.0 Å². The van der Waals surface area contributed by atoms with Crippen LogP contribution in [0.15, 0.2) is 54.6 Å². The van der Waals surface area contributed by atoms with Crippen LogP contribution in [-0.4, -0.2) is 12.4 Å². The summed E-state index contributed by atoms with van der Waals surface area (Å²) in [6.07, 6.45) is 0.344. The Hall–Kier alpha value is -1.64. The lowest BCUT2D eigenvalue weighted by Gasteiger charge is -2.05. The van der Waals surface area contributed by atoms with Crippen molar-refractivity contribution >= 4 is 17.4 Å². The van der Waals surface area contributed by atoms with Gasteiger partial charge >= 0.3 is 0 Å². The second-order valence-corrected chi connectivity index (χ2v) is 4.60. The first kappa shape index (κ1) is 13.8. The first-order chi connectivity index (χ1) is 9.27. The fourth-order valence-electron chi connectivity index (χ4n) is 1.75. The summed E-state index contributed by atoms with van der Waals surface area (Å²) in [6, 6.07) is 17.0. The van der Waals surface area contributed by atoms with E-state index in [-0.39, 0.29) is 5.78 Å². The maximum Gasteiger partial charge on any atom is 0.166 e. The molecule has 3 heteroatoms. The monoisotopic (exact) mass is 274 g/mol. The lowest BCUT2D eigenvalue weighted by molar-refractivity contribution is 0.0849. The molecule has 0 aromatic heterocycles. The standard InChI is InChI=1S/C16H15ClO2/c17-15-9-5-4-8-14(15)16(18)10-11-19-12-13-6-2-1-3-7-13/h1-9H,10-12H2. The molecule has 0 unspecified atom stereocenters. The first-order valence-electron chi connectivity index (χ1n) is 6.17. The van der Waals surface area contributed by atoms with Crippen LogP contribution < -0.4 is 0 Å². The average molecular weight is 275 g/mol. The van der Waals surface area contributed by atoms with Gasteiger partial charge in [0.15, 0.2) is 5.78 Å².